The molecule has 0 bridgehead atoms. The van der Waals surface area contributed by atoms with E-state index in [1.54, 1.807) is 24.3 Å². The number of ether oxygens (including phenoxy) is 1. The fourth-order valence-corrected chi connectivity index (χ4v) is 3.80. The standard InChI is InChI=1S/C23H17Cl2N3O3S/c24-17-6-2-1-5-16(17)13-30-20-10-9-15(11-18(20)25)12-26-28-22(29)14-32-23-27-19-7-3-4-8-21(19)31-23/h1-12H,13-14H2,(H,28,29)/b26-12-. The van der Waals surface area contributed by atoms with Crippen LogP contribution in [0.3, 0.4) is 0 Å². The summed E-state index contributed by atoms with van der Waals surface area (Å²) in [5.74, 6) is 0.376. The van der Waals surface area contributed by atoms with Gasteiger partial charge in [0, 0.05) is 10.6 Å². The van der Waals surface area contributed by atoms with Crippen LogP contribution in [0.1, 0.15) is 11.1 Å². The van der Waals surface area contributed by atoms with Crippen molar-refractivity contribution in [2.24, 2.45) is 5.10 Å². The molecule has 1 amide bonds. The number of amides is 1. The third-order valence-corrected chi connectivity index (χ3v) is 5.79. The van der Waals surface area contributed by atoms with Gasteiger partial charge in [-0.05, 0) is 42.0 Å². The minimum absolute atomic E-state index is 0.125. The van der Waals surface area contributed by atoms with E-state index in [4.69, 9.17) is 32.4 Å². The highest BCUT2D eigenvalue weighted by Gasteiger charge is 2.09. The van der Waals surface area contributed by atoms with E-state index in [0.717, 1.165) is 11.1 Å². The first-order valence-corrected chi connectivity index (χ1v) is 11.3. The second-order valence-corrected chi connectivity index (χ2v) is 8.34. The Morgan fingerprint density at radius 2 is 1.91 bits per heavy atom. The molecule has 162 valence electrons. The highest BCUT2D eigenvalue weighted by Crippen LogP contribution is 2.27. The zero-order valence-electron chi connectivity index (χ0n) is 16.6. The van der Waals surface area contributed by atoms with Crippen LogP contribution in [0.2, 0.25) is 10.0 Å². The molecule has 0 saturated heterocycles. The molecule has 0 atom stereocenters. The van der Waals surface area contributed by atoms with E-state index in [-0.39, 0.29) is 11.7 Å². The molecule has 1 heterocycles. The lowest BCUT2D eigenvalue weighted by atomic mass is 10.2. The summed E-state index contributed by atoms with van der Waals surface area (Å²) in [6, 6.07) is 20.1. The zero-order chi connectivity index (χ0) is 22.3. The number of hydrogen-bond acceptors (Lipinski definition) is 6. The Hall–Kier alpha value is -3.00. The van der Waals surface area contributed by atoms with Crippen LogP contribution in [0.5, 0.6) is 5.75 Å². The first kappa shape index (κ1) is 22.2. The van der Waals surface area contributed by atoms with Crippen LogP contribution in [-0.2, 0) is 11.4 Å². The van der Waals surface area contributed by atoms with E-state index in [1.165, 1.54) is 18.0 Å². The Balaban J connectivity index is 1.26. The minimum Gasteiger partial charge on any atom is -0.487 e. The number of aromatic nitrogens is 1. The number of carbonyl (C=O) groups is 1. The Kier molecular flexibility index (Phi) is 7.32. The number of hydrazone groups is 1. The Morgan fingerprint density at radius 1 is 1.09 bits per heavy atom. The molecule has 0 unspecified atom stereocenters. The average Bonchev–Trinajstić information content (AvgIpc) is 3.21. The van der Waals surface area contributed by atoms with Crippen molar-refractivity contribution in [2.45, 2.75) is 11.8 Å². The molecule has 1 aromatic heterocycles. The van der Waals surface area contributed by atoms with E-state index in [2.05, 4.69) is 15.5 Å². The van der Waals surface area contributed by atoms with Gasteiger partial charge < -0.3 is 9.15 Å². The third-order valence-electron chi connectivity index (χ3n) is 4.30. The molecule has 0 radical (unpaired) electrons. The number of nitrogens with zero attached hydrogens (tertiary/aromatic N) is 2. The molecule has 0 aliphatic rings. The number of rotatable bonds is 8. The van der Waals surface area contributed by atoms with Crippen LogP contribution in [0, 0.1) is 0 Å². The zero-order valence-corrected chi connectivity index (χ0v) is 19.0. The molecule has 6 nitrogen and oxygen atoms in total. The Bertz CT molecular complexity index is 1240. The molecule has 0 fully saturated rings. The lowest BCUT2D eigenvalue weighted by molar-refractivity contribution is -0.118. The van der Waals surface area contributed by atoms with Gasteiger partial charge in [-0.25, -0.2) is 10.4 Å². The Labute approximate surface area is 198 Å². The summed E-state index contributed by atoms with van der Waals surface area (Å²) >= 11 is 13.6. The summed E-state index contributed by atoms with van der Waals surface area (Å²) in [6.45, 7) is 0.306. The van der Waals surface area contributed by atoms with E-state index >= 15 is 0 Å². The maximum absolute atomic E-state index is 12.0. The largest absolute Gasteiger partial charge is 0.487 e. The molecule has 0 aliphatic carbocycles. The van der Waals surface area contributed by atoms with Gasteiger partial charge in [0.2, 0.25) is 0 Å². The predicted molar refractivity (Wildman–Crippen MR) is 128 cm³/mol. The quantitative estimate of drug-likeness (QED) is 0.189. The molecule has 1 N–H and O–H groups in total. The number of fused-ring (bicyclic) bond motifs is 1. The van der Waals surface area contributed by atoms with Crippen molar-refractivity contribution in [3.05, 3.63) is 87.9 Å². The van der Waals surface area contributed by atoms with Crippen LogP contribution in [0.15, 0.2) is 81.5 Å². The number of carbonyl (C=O) groups excluding carboxylic acids is 1. The Morgan fingerprint density at radius 3 is 2.72 bits per heavy atom. The first-order chi connectivity index (χ1) is 15.6. The lowest BCUT2D eigenvalue weighted by Crippen LogP contribution is -2.19. The van der Waals surface area contributed by atoms with Crippen LogP contribution in [-0.4, -0.2) is 22.9 Å². The number of benzene rings is 3. The summed E-state index contributed by atoms with van der Waals surface area (Å²) < 4.78 is 11.3. The van der Waals surface area contributed by atoms with Crippen LogP contribution in [0.25, 0.3) is 11.1 Å². The lowest BCUT2D eigenvalue weighted by Gasteiger charge is -2.09. The van der Waals surface area contributed by atoms with Crippen molar-refractivity contribution < 1.29 is 13.9 Å². The molecule has 3 aromatic carbocycles. The molecule has 0 aliphatic heterocycles. The van der Waals surface area contributed by atoms with Crippen LogP contribution >= 0.6 is 35.0 Å². The minimum atomic E-state index is -0.278. The smallest absolute Gasteiger partial charge is 0.257 e. The van der Waals surface area contributed by atoms with Gasteiger partial charge in [-0.15, -0.1) is 0 Å². The van der Waals surface area contributed by atoms with Crippen molar-refractivity contribution in [1.29, 1.82) is 0 Å². The van der Waals surface area contributed by atoms with Crippen molar-refractivity contribution in [3.63, 3.8) is 0 Å². The van der Waals surface area contributed by atoms with E-state index in [1.807, 2.05) is 42.5 Å². The van der Waals surface area contributed by atoms with Gasteiger partial charge in [0.05, 0.1) is 17.0 Å². The van der Waals surface area contributed by atoms with E-state index < -0.39 is 0 Å². The maximum atomic E-state index is 12.0. The molecular formula is C23H17Cl2N3O3S. The highest BCUT2D eigenvalue weighted by atomic mass is 35.5. The van der Waals surface area contributed by atoms with E-state index in [9.17, 15) is 4.79 Å². The van der Waals surface area contributed by atoms with Crippen LogP contribution in [0.4, 0.5) is 0 Å². The van der Waals surface area contributed by atoms with Gasteiger partial charge in [0.25, 0.3) is 11.1 Å². The van der Waals surface area contributed by atoms with Gasteiger partial charge in [-0.1, -0.05) is 65.3 Å². The van der Waals surface area contributed by atoms with Gasteiger partial charge in [0.15, 0.2) is 5.58 Å². The normalized spacial score (nSPS) is 11.2. The topological polar surface area (TPSA) is 76.7 Å². The summed E-state index contributed by atoms with van der Waals surface area (Å²) in [4.78, 5) is 16.3. The molecule has 0 saturated carbocycles. The van der Waals surface area contributed by atoms with E-state index in [0.29, 0.717) is 38.8 Å². The summed E-state index contributed by atoms with van der Waals surface area (Å²) in [5, 5.41) is 5.47. The fraction of sp³-hybridized carbons (Fsp3) is 0.0870. The fourth-order valence-electron chi connectivity index (χ4n) is 2.74. The van der Waals surface area contributed by atoms with Crippen LogP contribution < -0.4 is 10.2 Å². The third kappa shape index (κ3) is 5.82. The van der Waals surface area contributed by atoms with Gasteiger partial charge in [-0.3, -0.25) is 4.79 Å². The molecule has 4 aromatic rings. The number of oxazole rings is 1. The van der Waals surface area contributed by atoms with Crippen molar-refractivity contribution >= 4 is 58.2 Å². The number of hydrogen-bond donors (Lipinski definition) is 1. The number of halogens is 2. The highest BCUT2D eigenvalue weighted by molar-refractivity contribution is 7.99. The molecule has 4 rings (SSSR count). The van der Waals surface area contributed by atoms with Crippen molar-refractivity contribution in [3.8, 4) is 5.75 Å². The summed E-state index contributed by atoms with van der Waals surface area (Å²) in [5.41, 5.74) is 5.50. The summed E-state index contributed by atoms with van der Waals surface area (Å²) in [6.07, 6.45) is 1.51. The van der Waals surface area contributed by atoms with Crippen molar-refractivity contribution in [1.82, 2.24) is 10.4 Å². The van der Waals surface area contributed by atoms with Gasteiger partial charge in [-0.2, -0.15) is 5.10 Å². The number of thioether (sulfide) groups is 1. The van der Waals surface area contributed by atoms with Crippen molar-refractivity contribution in [2.75, 3.05) is 5.75 Å². The second-order valence-electron chi connectivity index (χ2n) is 6.60. The molecular weight excluding hydrogens is 469 g/mol. The SMILES string of the molecule is O=C(CSc1nc2ccccc2o1)N/N=C\c1ccc(OCc2ccccc2Cl)c(Cl)c1. The second kappa shape index (κ2) is 10.5. The molecule has 9 heteroatoms. The predicted octanol–water partition coefficient (Wildman–Crippen LogP) is 5.96. The average molecular weight is 486 g/mol. The first-order valence-electron chi connectivity index (χ1n) is 9.54. The maximum Gasteiger partial charge on any atom is 0.257 e. The molecule has 32 heavy (non-hydrogen) atoms. The summed E-state index contributed by atoms with van der Waals surface area (Å²) in [7, 11) is 0. The molecule has 0 spiro atoms. The number of nitrogens with one attached hydrogen (secondary N) is 1. The number of para-hydroxylation sites is 2. The van der Waals surface area contributed by atoms with Gasteiger partial charge >= 0.3 is 0 Å². The van der Waals surface area contributed by atoms with Gasteiger partial charge in [0.1, 0.15) is 17.9 Å². The monoisotopic (exact) mass is 485 g/mol.